The van der Waals surface area contributed by atoms with Gasteiger partial charge in [0.1, 0.15) is 29.2 Å². The number of benzene rings is 1. The molecular formula is C35H32ClF4N7O4. The second kappa shape index (κ2) is 13.6. The van der Waals surface area contributed by atoms with E-state index in [1.165, 1.54) is 18.5 Å². The predicted molar refractivity (Wildman–Crippen MR) is 184 cm³/mol. The molecule has 0 saturated heterocycles. The molecule has 0 radical (unpaired) electrons. The fraction of sp³-hybridized carbons (Fsp3) is 0.286. The van der Waals surface area contributed by atoms with Gasteiger partial charge in [0.25, 0.3) is 11.8 Å². The van der Waals surface area contributed by atoms with Gasteiger partial charge < -0.3 is 31.0 Å². The lowest BCUT2D eigenvalue weighted by Gasteiger charge is -2.21. The Balaban J connectivity index is 1.65. The predicted octanol–water partition coefficient (Wildman–Crippen LogP) is 6.66. The number of amides is 3. The van der Waals surface area contributed by atoms with Gasteiger partial charge in [0.2, 0.25) is 0 Å². The van der Waals surface area contributed by atoms with Crippen molar-refractivity contribution in [1.82, 2.24) is 25.2 Å². The summed E-state index contributed by atoms with van der Waals surface area (Å²) in [5.41, 5.74) is 7.69. The number of rotatable bonds is 7. The van der Waals surface area contributed by atoms with Crippen LogP contribution in [0.25, 0.3) is 33.3 Å². The number of carbonyl (C=O) groups excluding carboxylic acids is 3. The van der Waals surface area contributed by atoms with Crippen molar-refractivity contribution in [3.63, 3.8) is 0 Å². The van der Waals surface area contributed by atoms with Gasteiger partial charge in [0.15, 0.2) is 5.83 Å². The zero-order valence-electron chi connectivity index (χ0n) is 27.8. The summed E-state index contributed by atoms with van der Waals surface area (Å²) < 4.78 is 58.8. The van der Waals surface area contributed by atoms with Gasteiger partial charge in [-0.3, -0.25) is 9.59 Å². The molecule has 3 aromatic heterocycles. The van der Waals surface area contributed by atoms with Crippen molar-refractivity contribution < 1.29 is 36.7 Å². The van der Waals surface area contributed by atoms with Gasteiger partial charge in [0.05, 0.1) is 27.2 Å². The number of aryl methyl sites for hydroxylation is 1. The fourth-order valence-corrected chi connectivity index (χ4v) is 5.48. The van der Waals surface area contributed by atoms with Crippen molar-refractivity contribution in [1.29, 1.82) is 0 Å². The van der Waals surface area contributed by atoms with Crippen LogP contribution in [0.1, 0.15) is 49.7 Å². The maximum absolute atomic E-state index is 13.3. The molecule has 1 aliphatic rings. The van der Waals surface area contributed by atoms with E-state index in [-0.39, 0.29) is 16.5 Å². The summed E-state index contributed by atoms with van der Waals surface area (Å²) in [5.74, 6) is 3.07. The highest BCUT2D eigenvalue weighted by Crippen LogP contribution is 2.44. The Morgan fingerprint density at radius 2 is 1.76 bits per heavy atom. The molecule has 1 saturated carbocycles. The molecule has 0 bridgehead atoms. The van der Waals surface area contributed by atoms with E-state index in [9.17, 15) is 31.9 Å². The molecule has 3 heterocycles. The smallest absolute Gasteiger partial charge is 0.408 e. The summed E-state index contributed by atoms with van der Waals surface area (Å²) in [6, 6.07) is 7.76. The number of pyridine rings is 2. The van der Waals surface area contributed by atoms with Crippen LogP contribution in [-0.4, -0.2) is 56.3 Å². The van der Waals surface area contributed by atoms with Gasteiger partial charge in [0, 0.05) is 36.3 Å². The minimum atomic E-state index is -4.64. The molecule has 3 amide bonds. The molecule has 1 aromatic carbocycles. The van der Waals surface area contributed by atoms with Crippen LogP contribution in [0.4, 0.5) is 33.9 Å². The molecule has 51 heavy (non-hydrogen) atoms. The number of carbonyl (C=O) groups is 3. The summed E-state index contributed by atoms with van der Waals surface area (Å²) in [7, 11) is 1.74. The molecule has 0 atom stereocenters. The van der Waals surface area contributed by atoms with Gasteiger partial charge in [-0.25, -0.2) is 19.2 Å². The van der Waals surface area contributed by atoms with E-state index >= 15 is 0 Å². The molecule has 1 aliphatic carbocycles. The van der Waals surface area contributed by atoms with E-state index in [1.807, 2.05) is 0 Å². The Morgan fingerprint density at radius 3 is 2.33 bits per heavy atom. The minimum absolute atomic E-state index is 0.0916. The van der Waals surface area contributed by atoms with Crippen molar-refractivity contribution in [3.8, 4) is 34.2 Å². The Hall–Kier alpha value is -5.62. The molecule has 11 nitrogen and oxygen atoms in total. The number of fused-ring (bicyclic) bond motifs is 1. The third-order valence-electron chi connectivity index (χ3n) is 7.62. The van der Waals surface area contributed by atoms with Crippen LogP contribution in [0.5, 0.6) is 0 Å². The van der Waals surface area contributed by atoms with E-state index in [2.05, 4.69) is 39.0 Å². The van der Waals surface area contributed by atoms with Crippen molar-refractivity contribution in [3.05, 3.63) is 71.4 Å². The molecular weight excluding hydrogens is 694 g/mol. The van der Waals surface area contributed by atoms with Crippen LogP contribution in [0.15, 0.2) is 55.1 Å². The molecule has 266 valence electrons. The number of nitrogens with two attached hydrogens (primary N) is 1. The Morgan fingerprint density at radius 1 is 1.10 bits per heavy atom. The van der Waals surface area contributed by atoms with Crippen molar-refractivity contribution >= 4 is 51.9 Å². The standard InChI is InChI=1S/C35H32ClF4N7O4/c1-18(37)30(48)45-22-8-6-19(7-9-22)27-24(21-14-23(36)26(42-16-21)31(49)44-17-35(38,39)40)25-28(47(27)5)20(15-43-29(25)41)10-11-34(12-13-34)46-32(50)51-33(2,3)4/h6-9,14-16H,1,12-13,17H2,2-5H3,(H2,41,43)(H,44,49)(H,45,48)(H,46,50). The van der Waals surface area contributed by atoms with Crippen LogP contribution in [-0.2, 0) is 16.6 Å². The van der Waals surface area contributed by atoms with Crippen molar-refractivity contribution in [2.24, 2.45) is 7.05 Å². The van der Waals surface area contributed by atoms with Gasteiger partial charge in [-0.05, 0) is 57.4 Å². The van der Waals surface area contributed by atoms with E-state index in [0.717, 1.165) is 0 Å². The lowest BCUT2D eigenvalue weighted by molar-refractivity contribution is -0.123. The lowest BCUT2D eigenvalue weighted by Crippen LogP contribution is -2.39. The first-order valence-corrected chi connectivity index (χ1v) is 15.7. The fourth-order valence-electron chi connectivity index (χ4n) is 5.23. The summed E-state index contributed by atoms with van der Waals surface area (Å²) >= 11 is 6.43. The lowest BCUT2D eigenvalue weighted by atomic mass is 9.98. The number of alkyl halides is 3. The van der Waals surface area contributed by atoms with Gasteiger partial charge in [-0.15, -0.1) is 0 Å². The number of nitrogens with one attached hydrogen (secondary N) is 3. The average Bonchev–Trinajstić information content (AvgIpc) is 3.72. The third kappa shape index (κ3) is 8.41. The number of alkyl carbamates (subject to hydrolysis) is 1. The molecule has 5 N–H and O–H groups in total. The Kier molecular flexibility index (Phi) is 9.77. The Labute approximate surface area is 294 Å². The number of nitrogens with zero attached hydrogens (tertiary/aromatic N) is 3. The van der Waals surface area contributed by atoms with Crippen LogP contribution >= 0.6 is 11.6 Å². The van der Waals surface area contributed by atoms with E-state index in [1.54, 1.807) is 62.0 Å². The van der Waals surface area contributed by atoms with E-state index in [0.29, 0.717) is 51.7 Å². The van der Waals surface area contributed by atoms with E-state index < -0.39 is 53.3 Å². The highest BCUT2D eigenvalue weighted by Gasteiger charge is 2.44. The highest BCUT2D eigenvalue weighted by atomic mass is 35.5. The number of hydrogen-bond donors (Lipinski definition) is 4. The van der Waals surface area contributed by atoms with Gasteiger partial charge in [-0.1, -0.05) is 42.2 Å². The minimum Gasteiger partial charge on any atom is -0.444 e. The first-order valence-electron chi connectivity index (χ1n) is 15.4. The highest BCUT2D eigenvalue weighted by molar-refractivity contribution is 6.34. The molecule has 0 aliphatic heterocycles. The second-order valence-corrected chi connectivity index (χ2v) is 13.2. The third-order valence-corrected chi connectivity index (χ3v) is 7.91. The van der Waals surface area contributed by atoms with Crippen LogP contribution in [0, 0.1) is 11.8 Å². The maximum Gasteiger partial charge on any atom is 0.408 e. The monoisotopic (exact) mass is 725 g/mol. The van der Waals surface area contributed by atoms with Crippen LogP contribution in [0.2, 0.25) is 5.02 Å². The molecule has 4 aromatic rings. The molecule has 1 fully saturated rings. The van der Waals surface area contributed by atoms with Gasteiger partial charge in [-0.2, -0.15) is 13.2 Å². The Bertz CT molecular complexity index is 2140. The summed E-state index contributed by atoms with van der Waals surface area (Å²) in [5, 5.41) is 7.17. The first-order chi connectivity index (χ1) is 23.8. The average molecular weight is 726 g/mol. The van der Waals surface area contributed by atoms with Crippen molar-refractivity contribution in [2.45, 2.75) is 50.9 Å². The topological polar surface area (TPSA) is 153 Å². The largest absolute Gasteiger partial charge is 0.444 e. The number of ether oxygens (including phenoxy) is 1. The zero-order valence-corrected chi connectivity index (χ0v) is 28.6. The molecule has 16 heteroatoms. The van der Waals surface area contributed by atoms with E-state index in [4.69, 9.17) is 22.1 Å². The van der Waals surface area contributed by atoms with Crippen molar-refractivity contribution in [2.75, 3.05) is 17.6 Å². The molecule has 0 spiro atoms. The zero-order chi connectivity index (χ0) is 37.5. The quantitative estimate of drug-likeness (QED) is 0.0944. The second-order valence-electron chi connectivity index (χ2n) is 12.8. The maximum atomic E-state index is 13.3. The number of hydrogen-bond acceptors (Lipinski definition) is 7. The summed E-state index contributed by atoms with van der Waals surface area (Å²) in [6.07, 6.45) is -1.29. The number of nitrogen functional groups attached to an aromatic ring is 1. The number of anilines is 2. The summed E-state index contributed by atoms with van der Waals surface area (Å²) in [4.78, 5) is 45.4. The summed E-state index contributed by atoms with van der Waals surface area (Å²) in [6.45, 7) is 6.68. The molecule has 0 unspecified atom stereocenters. The first kappa shape index (κ1) is 36.7. The normalized spacial score (nSPS) is 13.5. The number of aromatic nitrogens is 3. The van der Waals surface area contributed by atoms with Crippen LogP contribution in [0.3, 0.4) is 0 Å². The van der Waals surface area contributed by atoms with Crippen LogP contribution < -0.4 is 21.7 Å². The number of halogens is 5. The molecule has 5 rings (SSSR count). The van der Waals surface area contributed by atoms with Gasteiger partial charge >= 0.3 is 12.3 Å². The SMILES string of the molecule is C=C(F)C(=O)Nc1ccc(-c2c(-c3cnc(C(=O)NCC(F)(F)F)c(Cl)c3)c3c(N)ncc(C#CC4(NC(=O)OC(C)(C)C)CC4)c3n2C)cc1.